The first kappa shape index (κ1) is 16.9. The van der Waals surface area contributed by atoms with Gasteiger partial charge >= 0.3 is 0 Å². The van der Waals surface area contributed by atoms with E-state index in [1.807, 2.05) is 0 Å². The van der Waals surface area contributed by atoms with E-state index in [0.717, 1.165) is 25.9 Å². The fourth-order valence-corrected chi connectivity index (χ4v) is 2.60. The predicted octanol–water partition coefficient (Wildman–Crippen LogP) is 3.72. The average Bonchev–Trinajstić information content (AvgIpc) is 2.57. The van der Waals surface area contributed by atoms with Crippen LogP contribution in [-0.4, -0.2) is 24.2 Å². The third kappa shape index (κ3) is 4.33. The van der Waals surface area contributed by atoms with Gasteiger partial charge in [-0.1, -0.05) is 17.7 Å². The molecule has 0 atom stereocenters. The highest BCUT2D eigenvalue weighted by atomic mass is 35.5. The monoisotopic (exact) mass is 354 g/mol. The van der Waals surface area contributed by atoms with E-state index in [4.69, 9.17) is 21.1 Å². The molecule has 1 N–H and O–H groups in total. The molecule has 2 heterocycles. The lowest BCUT2D eigenvalue weighted by atomic mass is 10.1. The number of halogens is 3. The molecule has 0 radical (unpaired) electrons. The molecule has 0 saturated carbocycles. The standard InChI is InChI=1S/C17H17ClF2N2O2/c18-12-2-1-11(15(20)9-12)10-23-17-14(19)3-4-16(22-17)24-13-5-7-21-8-6-13/h1-4,9,13,21H,5-8,10H2. The van der Waals surface area contributed by atoms with Crippen LogP contribution in [0, 0.1) is 11.6 Å². The van der Waals surface area contributed by atoms with Crippen LogP contribution in [0.1, 0.15) is 18.4 Å². The topological polar surface area (TPSA) is 43.4 Å². The number of benzene rings is 1. The average molecular weight is 355 g/mol. The number of pyridine rings is 1. The maximum atomic E-state index is 13.8. The van der Waals surface area contributed by atoms with Crippen LogP contribution in [0.5, 0.6) is 11.8 Å². The zero-order valence-corrected chi connectivity index (χ0v) is 13.7. The van der Waals surface area contributed by atoms with Crippen molar-refractivity contribution in [2.45, 2.75) is 25.6 Å². The van der Waals surface area contributed by atoms with E-state index in [-0.39, 0.29) is 29.2 Å². The number of hydrogen-bond acceptors (Lipinski definition) is 4. The summed E-state index contributed by atoms with van der Waals surface area (Å²) in [5.41, 5.74) is 0.269. The van der Waals surface area contributed by atoms with Crippen molar-refractivity contribution < 1.29 is 18.3 Å². The zero-order chi connectivity index (χ0) is 16.9. The van der Waals surface area contributed by atoms with Crippen LogP contribution < -0.4 is 14.8 Å². The fourth-order valence-electron chi connectivity index (χ4n) is 2.44. The minimum atomic E-state index is -0.623. The van der Waals surface area contributed by atoms with E-state index in [1.54, 1.807) is 6.07 Å². The van der Waals surface area contributed by atoms with Crippen molar-refractivity contribution in [3.05, 3.63) is 52.6 Å². The highest BCUT2D eigenvalue weighted by molar-refractivity contribution is 6.30. The van der Waals surface area contributed by atoms with Crippen LogP contribution in [0.3, 0.4) is 0 Å². The number of nitrogens with zero attached hydrogens (tertiary/aromatic N) is 1. The first-order valence-electron chi connectivity index (χ1n) is 7.72. The van der Waals surface area contributed by atoms with Crippen LogP contribution in [0.2, 0.25) is 5.02 Å². The Hall–Kier alpha value is -1.92. The highest BCUT2D eigenvalue weighted by Gasteiger charge is 2.16. The lowest BCUT2D eigenvalue weighted by Crippen LogP contribution is -2.34. The predicted molar refractivity (Wildman–Crippen MR) is 86.5 cm³/mol. The number of rotatable bonds is 5. The van der Waals surface area contributed by atoms with Crippen LogP contribution in [-0.2, 0) is 6.61 Å². The Kier molecular flexibility index (Phi) is 5.48. The number of ether oxygens (including phenoxy) is 2. The summed E-state index contributed by atoms with van der Waals surface area (Å²) >= 11 is 5.70. The van der Waals surface area contributed by atoms with Crippen LogP contribution in [0.25, 0.3) is 0 Å². The second-order valence-corrected chi connectivity index (χ2v) is 5.96. The smallest absolute Gasteiger partial charge is 0.254 e. The molecular weight excluding hydrogens is 338 g/mol. The molecule has 0 bridgehead atoms. The molecule has 1 aromatic carbocycles. The fraction of sp³-hybridized carbons (Fsp3) is 0.353. The van der Waals surface area contributed by atoms with E-state index in [2.05, 4.69) is 10.3 Å². The number of aromatic nitrogens is 1. The summed E-state index contributed by atoms with van der Waals surface area (Å²) < 4.78 is 38.6. The van der Waals surface area contributed by atoms with Crippen molar-refractivity contribution in [2.24, 2.45) is 0 Å². The summed E-state index contributed by atoms with van der Waals surface area (Å²) in [6.07, 6.45) is 1.78. The summed E-state index contributed by atoms with van der Waals surface area (Å²) in [4.78, 5) is 4.04. The molecule has 1 aromatic heterocycles. The molecule has 1 aliphatic rings. The van der Waals surface area contributed by atoms with Crippen molar-refractivity contribution in [1.82, 2.24) is 10.3 Å². The summed E-state index contributed by atoms with van der Waals surface area (Å²) in [6.45, 7) is 1.61. The second kappa shape index (κ2) is 7.77. The molecule has 1 fully saturated rings. The zero-order valence-electron chi connectivity index (χ0n) is 12.9. The van der Waals surface area contributed by atoms with Crippen LogP contribution in [0.4, 0.5) is 8.78 Å². The van der Waals surface area contributed by atoms with Gasteiger partial charge in [-0.2, -0.15) is 4.98 Å². The van der Waals surface area contributed by atoms with Gasteiger partial charge in [0, 0.05) is 16.7 Å². The van der Waals surface area contributed by atoms with E-state index < -0.39 is 11.6 Å². The normalized spacial score (nSPS) is 15.3. The summed E-state index contributed by atoms with van der Waals surface area (Å²) in [5.74, 6) is -1.04. The van der Waals surface area contributed by atoms with Crippen LogP contribution in [0.15, 0.2) is 30.3 Å². The molecule has 0 spiro atoms. The Morgan fingerprint density at radius 1 is 1.12 bits per heavy atom. The van der Waals surface area contributed by atoms with Gasteiger partial charge in [0.25, 0.3) is 5.88 Å². The van der Waals surface area contributed by atoms with Gasteiger partial charge in [0.15, 0.2) is 5.82 Å². The van der Waals surface area contributed by atoms with Gasteiger partial charge in [-0.3, -0.25) is 0 Å². The first-order valence-corrected chi connectivity index (χ1v) is 8.10. The molecule has 1 aliphatic heterocycles. The molecule has 3 rings (SSSR count). The van der Waals surface area contributed by atoms with Crippen molar-refractivity contribution in [1.29, 1.82) is 0 Å². The van der Waals surface area contributed by atoms with E-state index in [0.29, 0.717) is 5.88 Å². The number of nitrogens with one attached hydrogen (secondary N) is 1. The summed E-state index contributed by atoms with van der Waals surface area (Å²) in [6, 6.07) is 6.92. The van der Waals surface area contributed by atoms with Gasteiger partial charge in [0.2, 0.25) is 5.88 Å². The Morgan fingerprint density at radius 3 is 2.67 bits per heavy atom. The molecule has 0 aliphatic carbocycles. The molecule has 7 heteroatoms. The van der Waals surface area contributed by atoms with Gasteiger partial charge in [0.1, 0.15) is 18.5 Å². The third-order valence-electron chi connectivity index (χ3n) is 3.74. The lowest BCUT2D eigenvalue weighted by molar-refractivity contribution is 0.152. The quantitative estimate of drug-likeness (QED) is 0.888. The Morgan fingerprint density at radius 2 is 1.92 bits per heavy atom. The van der Waals surface area contributed by atoms with Gasteiger partial charge in [-0.15, -0.1) is 0 Å². The molecular formula is C17H17ClF2N2O2. The SMILES string of the molecule is Fc1cc(Cl)ccc1COc1nc(OC2CCNCC2)ccc1F. The Balaban J connectivity index is 1.67. The van der Waals surface area contributed by atoms with Gasteiger partial charge < -0.3 is 14.8 Å². The maximum absolute atomic E-state index is 13.8. The number of hydrogen-bond donors (Lipinski definition) is 1. The molecule has 4 nitrogen and oxygen atoms in total. The van der Waals surface area contributed by atoms with Crippen LogP contribution >= 0.6 is 11.6 Å². The Bertz CT molecular complexity index is 709. The largest absolute Gasteiger partial charge is 0.474 e. The van der Waals surface area contributed by atoms with E-state index in [1.165, 1.54) is 24.3 Å². The van der Waals surface area contributed by atoms with Crippen molar-refractivity contribution in [3.8, 4) is 11.8 Å². The molecule has 128 valence electrons. The summed E-state index contributed by atoms with van der Waals surface area (Å²) in [7, 11) is 0. The molecule has 1 saturated heterocycles. The first-order chi connectivity index (χ1) is 11.6. The van der Waals surface area contributed by atoms with Gasteiger partial charge in [0.05, 0.1) is 0 Å². The van der Waals surface area contributed by atoms with Gasteiger partial charge in [-0.05, 0) is 44.1 Å². The lowest BCUT2D eigenvalue weighted by Gasteiger charge is -2.23. The highest BCUT2D eigenvalue weighted by Crippen LogP contribution is 2.23. The summed E-state index contributed by atoms with van der Waals surface area (Å²) in [5, 5.41) is 3.53. The minimum Gasteiger partial charge on any atom is -0.474 e. The molecule has 2 aromatic rings. The van der Waals surface area contributed by atoms with Crippen molar-refractivity contribution in [3.63, 3.8) is 0 Å². The maximum Gasteiger partial charge on any atom is 0.254 e. The van der Waals surface area contributed by atoms with Crippen molar-refractivity contribution >= 4 is 11.6 Å². The Labute approximate surface area is 143 Å². The van der Waals surface area contributed by atoms with Crippen molar-refractivity contribution in [2.75, 3.05) is 13.1 Å². The van der Waals surface area contributed by atoms with E-state index >= 15 is 0 Å². The second-order valence-electron chi connectivity index (χ2n) is 5.53. The molecule has 24 heavy (non-hydrogen) atoms. The van der Waals surface area contributed by atoms with Gasteiger partial charge in [-0.25, -0.2) is 8.78 Å². The minimum absolute atomic E-state index is 0.0470. The molecule has 0 amide bonds. The van der Waals surface area contributed by atoms with E-state index in [9.17, 15) is 8.78 Å². The number of piperidine rings is 1. The third-order valence-corrected chi connectivity index (χ3v) is 3.98. The molecule has 0 unspecified atom stereocenters.